The van der Waals surface area contributed by atoms with Crippen LogP contribution in [0.4, 0.5) is 17.1 Å². The first-order valence-corrected chi connectivity index (χ1v) is 19.9. The van der Waals surface area contributed by atoms with Crippen molar-refractivity contribution < 1.29 is 0 Å². The molecule has 11 rings (SSSR count). The number of rotatable bonds is 7. The fourth-order valence-corrected chi connectivity index (χ4v) is 8.62. The Labute approximate surface area is 338 Å². The SMILES string of the molecule is c1ccc(-c2ccc(N(c3ccc4ccc(-c5ccc6cc(-c7ccccc7)ccc6c5)cc4c3)c3ccc4c(c3)c3ccccc3n4-c3ccccc3)cc2)cc1. The van der Waals surface area contributed by atoms with Crippen molar-refractivity contribution >= 4 is 60.4 Å². The second-order valence-corrected chi connectivity index (χ2v) is 15.0. The van der Waals surface area contributed by atoms with Gasteiger partial charge in [-0.1, -0.05) is 152 Å². The minimum atomic E-state index is 1.10. The van der Waals surface area contributed by atoms with Gasteiger partial charge in [-0.25, -0.2) is 0 Å². The van der Waals surface area contributed by atoms with E-state index in [1.54, 1.807) is 0 Å². The zero-order chi connectivity index (χ0) is 38.4. The lowest BCUT2D eigenvalue weighted by molar-refractivity contribution is 1.18. The molecule has 1 aromatic heterocycles. The van der Waals surface area contributed by atoms with Crippen molar-refractivity contribution in [1.29, 1.82) is 0 Å². The predicted octanol–water partition coefficient (Wildman–Crippen LogP) is 15.6. The molecule has 2 heteroatoms. The van der Waals surface area contributed by atoms with Gasteiger partial charge in [-0.2, -0.15) is 0 Å². The Bertz CT molecular complexity index is 3250. The van der Waals surface area contributed by atoms with E-state index in [4.69, 9.17) is 0 Å². The van der Waals surface area contributed by atoms with Crippen LogP contribution in [-0.4, -0.2) is 4.57 Å². The summed E-state index contributed by atoms with van der Waals surface area (Å²) >= 11 is 0. The maximum atomic E-state index is 2.40. The Morgan fingerprint density at radius 1 is 0.259 bits per heavy atom. The number of hydrogen-bond acceptors (Lipinski definition) is 1. The highest BCUT2D eigenvalue weighted by Crippen LogP contribution is 2.41. The van der Waals surface area contributed by atoms with E-state index < -0.39 is 0 Å². The summed E-state index contributed by atoms with van der Waals surface area (Å²) in [5.41, 5.74) is 14.1. The Balaban J connectivity index is 1.03. The molecule has 0 spiro atoms. The average molecular weight is 739 g/mol. The lowest BCUT2D eigenvalue weighted by Gasteiger charge is -2.26. The lowest BCUT2D eigenvalue weighted by atomic mass is 9.96. The third-order valence-electron chi connectivity index (χ3n) is 11.5. The molecule has 0 saturated heterocycles. The summed E-state index contributed by atoms with van der Waals surface area (Å²) in [5.74, 6) is 0. The van der Waals surface area contributed by atoms with E-state index in [2.05, 4.69) is 240 Å². The molecule has 0 radical (unpaired) electrons. The normalized spacial score (nSPS) is 11.4. The summed E-state index contributed by atoms with van der Waals surface area (Å²) in [6.07, 6.45) is 0. The van der Waals surface area contributed by atoms with E-state index in [1.807, 2.05) is 0 Å². The van der Waals surface area contributed by atoms with Crippen molar-refractivity contribution in [2.45, 2.75) is 0 Å². The Morgan fingerprint density at radius 2 is 0.707 bits per heavy atom. The van der Waals surface area contributed by atoms with Crippen LogP contribution >= 0.6 is 0 Å². The van der Waals surface area contributed by atoms with Gasteiger partial charge in [0.05, 0.1) is 11.0 Å². The second kappa shape index (κ2) is 14.1. The van der Waals surface area contributed by atoms with Crippen LogP contribution in [0.3, 0.4) is 0 Å². The molecule has 0 fully saturated rings. The topological polar surface area (TPSA) is 8.17 Å². The third kappa shape index (κ3) is 6.00. The molecule has 0 aliphatic heterocycles. The predicted molar refractivity (Wildman–Crippen MR) is 247 cm³/mol. The largest absolute Gasteiger partial charge is 0.310 e. The first-order chi connectivity index (χ1) is 28.7. The molecule has 0 amide bonds. The number of hydrogen-bond donors (Lipinski definition) is 0. The molecule has 0 unspecified atom stereocenters. The van der Waals surface area contributed by atoms with Gasteiger partial charge in [0.15, 0.2) is 0 Å². The van der Waals surface area contributed by atoms with Gasteiger partial charge in [-0.05, 0) is 134 Å². The first kappa shape index (κ1) is 33.6. The van der Waals surface area contributed by atoms with E-state index in [0.717, 1.165) is 22.7 Å². The van der Waals surface area contributed by atoms with E-state index in [1.165, 1.54) is 76.7 Å². The summed E-state index contributed by atoms with van der Waals surface area (Å²) in [7, 11) is 0. The monoisotopic (exact) mass is 738 g/mol. The van der Waals surface area contributed by atoms with Crippen molar-refractivity contribution in [3.05, 3.63) is 231 Å². The second-order valence-electron chi connectivity index (χ2n) is 15.0. The molecule has 11 aromatic rings. The summed E-state index contributed by atoms with van der Waals surface area (Å²) in [5, 5.41) is 7.34. The number of nitrogens with zero attached hydrogens (tertiary/aromatic N) is 2. The van der Waals surface area contributed by atoms with Crippen molar-refractivity contribution in [3.8, 4) is 39.1 Å². The van der Waals surface area contributed by atoms with Gasteiger partial charge in [-0.3, -0.25) is 0 Å². The summed E-state index contributed by atoms with van der Waals surface area (Å²) in [6.45, 7) is 0. The van der Waals surface area contributed by atoms with E-state index in [9.17, 15) is 0 Å². The van der Waals surface area contributed by atoms with Crippen LogP contribution in [0.2, 0.25) is 0 Å². The van der Waals surface area contributed by atoms with Gasteiger partial charge in [0.1, 0.15) is 0 Å². The standard InChI is InChI=1S/C56H38N2/c1-4-12-39(13-5-1)41-26-29-50(30-27-41)57(52-32-33-56-54(38-52)53-18-10-11-19-55(53)58(56)49-16-8-3-9-17-49)51-31-28-42-20-21-47(36-48(42)37-51)46-25-24-44-34-43(22-23-45(44)35-46)40-14-6-2-7-15-40/h1-38H. The maximum absolute atomic E-state index is 2.40. The molecule has 0 aliphatic rings. The van der Waals surface area contributed by atoms with Gasteiger partial charge in [0.25, 0.3) is 0 Å². The Morgan fingerprint density at radius 3 is 1.40 bits per heavy atom. The molecule has 0 N–H and O–H groups in total. The van der Waals surface area contributed by atoms with Crippen LogP contribution in [0.15, 0.2) is 231 Å². The molecule has 0 bridgehead atoms. The first-order valence-electron chi connectivity index (χ1n) is 19.9. The van der Waals surface area contributed by atoms with Gasteiger partial charge >= 0.3 is 0 Å². The highest BCUT2D eigenvalue weighted by atomic mass is 15.1. The van der Waals surface area contributed by atoms with Gasteiger partial charge < -0.3 is 9.47 Å². The van der Waals surface area contributed by atoms with Crippen LogP contribution in [0, 0.1) is 0 Å². The van der Waals surface area contributed by atoms with Crippen molar-refractivity contribution in [2.75, 3.05) is 4.90 Å². The minimum absolute atomic E-state index is 1.10. The third-order valence-corrected chi connectivity index (χ3v) is 11.5. The van der Waals surface area contributed by atoms with Crippen LogP contribution in [0.1, 0.15) is 0 Å². The number of benzene rings is 10. The maximum Gasteiger partial charge on any atom is 0.0542 e. The van der Waals surface area contributed by atoms with Crippen molar-refractivity contribution in [1.82, 2.24) is 4.57 Å². The molecule has 58 heavy (non-hydrogen) atoms. The highest BCUT2D eigenvalue weighted by molar-refractivity contribution is 6.11. The van der Waals surface area contributed by atoms with Crippen LogP contribution < -0.4 is 4.90 Å². The van der Waals surface area contributed by atoms with Gasteiger partial charge in [-0.15, -0.1) is 0 Å². The number of fused-ring (bicyclic) bond motifs is 5. The summed E-state index contributed by atoms with van der Waals surface area (Å²) < 4.78 is 2.37. The van der Waals surface area contributed by atoms with Gasteiger partial charge in [0.2, 0.25) is 0 Å². The van der Waals surface area contributed by atoms with E-state index in [0.29, 0.717) is 0 Å². The van der Waals surface area contributed by atoms with E-state index >= 15 is 0 Å². The Hall–Kier alpha value is -7.68. The number of aromatic nitrogens is 1. The molecule has 0 aliphatic carbocycles. The van der Waals surface area contributed by atoms with Crippen LogP contribution in [-0.2, 0) is 0 Å². The highest BCUT2D eigenvalue weighted by Gasteiger charge is 2.18. The smallest absolute Gasteiger partial charge is 0.0542 e. The fourth-order valence-electron chi connectivity index (χ4n) is 8.62. The van der Waals surface area contributed by atoms with Crippen molar-refractivity contribution in [2.24, 2.45) is 0 Å². The minimum Gasteiger partial charge on any atom is -0.310 e. The zero-order valence-electron chi connectivity index (χ0n) is 31.8. The fraction of sp³-hybridized carbons (Fsp3) is 0. The summed E-state index contributed by atoms with van der Waals surface area (Å²) in [6, 6.07) is 83.7. The van der Waals surface area contributed by atoms with E-state index in [-0.39, 0.29) is 0 Å². The summed E-state index contributed by atoms with van der Waals surface area (Å²) in [4.78, 5) is 2.40. The molecule has 10 aromatic carbocycles. The quantitative estimate of drug-likeness (QED) is 0.158. The molecule has 2 nitrogen and oxygen atoms in total. The zero-order valence-corrected chi connectivity index (χ0v) is 31.8. The Kier molecular flexibility index (Phi) is 8.19. The molecular formula is C56H38N2. The number of anilines is 3. The number of para-hydroxylation sites is 2. The van der Waals surface area contributed by atoms with Gasteiger partial charge in [0, 0.05) is 33.5 Å². The molecule has 0 atom stereocenters. The molecule has 0 saturated carbocycles. The average Bonchev–Trinajstić information content (AvgIpc) is 3.63. The molecular weight excluding hydrogens is 701 g/mol. The van der Waals surface area contributed by atoms with Crippen LogP contribution in [0.25, 0.3) is 82.4 Å². The van der Waals surface area contributed by atoms with Crippen molar-refractivity contribution in [3.63, 3.8) is 0 Å². The molecule has 272 valence electrons. The van der Waals surface area contributed by atoms with Crippen LogP contribution in [0.5, 0.6) is 0 Å². The molecule has 1 heterocycles. The lowest BCUT2D eigenvalue weighted by Crippen LogP contribution is -2.10.